The second-order valence-corrected chi connectivity index (χ2v) is 4.78. The monoisotopic (exact) mass is 308 g/mol. The summed E-state index contributed by atoms with van der Waals surface area (Å²) in [6, 6.07) is 11.3. The highest BCUT2D eigenvalue weighted by atomic mass is 16.3. The molecule has 0 saturated carbocycles. The average molecular weight is 308 g/mol. The minimum absolute atomic E-state index is 0.0677. The zero-order valence-electron chi connectivity index (χ0n) is 11.9. The highest BCUT2D eigenvalue weighted by Crippen LogP contribution is 2.21. The molecular formula is C16H12N4O3. The Labute approximate surface area is 130 Å². The lowest BCUT2D eigenvalue weighted by Gasteiger charge is -2.02. The van der Waals surface area contributed by atoms with E-state index in [9.17, 15) is 14.8 Å². The molecule has 1 aromatic heterocycles. The zero-order chi connectivity index (χ0) is 16.2. The summed E-state index contributed by atoms with van der Waals surface area (Å²) >= 11 is 0. The van der Waals surface area contributed by atoms with Crippen LogP contribution in [0.5, 0.6) is 5.75 Å². The van der Waals surface area contributed by atoms with Gasteiger partial charge in [0.05, 0.1) is 17.3 Å². The third-order valence-electron chi connectivity index (χ3n) is 3.32. The third-order valence-corrected chi connectivity index (χ3v) is 3.32. The van der Waals surface area contributed by atoms with E-state index in [1.165, 1.54) is 24.4 Å². The maximum Gasteiger partial charge on any atom is 0.273 e. The van der Waals surface area contributed by atoms with Crippen LogP contribution < -0.4 is 5.43 Å². The van der Waals surface area contributed by atoms with Crippen molar-refractivity contribution in [2.75, 3.05) is 0 Å². The second-order valence-electron chi connectivity index (χ2n) is 4.78. The summed E-state index contributed by atoms with van der Waals surface area (Å²) in [5, 5.41) is 17.2. The second kappa shape index (κ2) is 6.10. The van der Waals surface area contributed by atoms with E-state index in [2.05, 4.69) is 20.7 Å². The number of phenols is 1. The molecule has 0 fully saturated rings. The molecule has 2 aromatic carbocycles. The Bertz CT molecular complexity index is 915. The molecule has 0 aliphatic rings. The third kappa shape index (κ3) is 2.93. The Morgan fingerprint density at radius 2 is 2.09 bits per heavy atom. The molecule has 0 unspecified atom stereocenters. The smallest absolute Gasteiger partial charge is 0.273 e. The summed E-state index contributed by atoms with van der Waals surface area (Å²) in [4.78, 5) is 25.7. The average Bonchev–Trinajstić information content (AvgIpc) is 3.05. The number of carbonyl (C=O) groups excluding carboxylic acids is 1. The maximum absolute atomic E-state index is 12.2. The van der Waals surface area contributed by atoms with Gasteiger partial charge in [0, 0.05) is 17.1 Å². The van der Waals surface area contributed by atoms with E-state index in [4.69, 9.17) is 0 Å². The van der Waals surface area contributed by atoms with Gasteiger partial charge < -0.3 is 10.1 Å². The van der Waals surface area contributed by atoms with E-state index in [0.29, 0.717) is 5.56 Å². The van der Waals surface area contributed by atoms with Crippen LogP contribution in [-0.2, 0) is 0 Å². The van der Waals surface area contributed by atoms with E-state index in [-0.39, 0.29) is 17.0 Å². The van der Waals surface area contributed by atoms with E-state index in [1.54, 1.807) is 18.3 Å². The minimum atomic E-state index is -0.390. The molecule has 1 heterocycles. The normalized spacial score (nSPS) is 11.0. The first-order valence-electron chi connectivity index (χ1n) is 6.75. The summed E-state index contributed by atoms with van der Waals surface area (Å²) in [5.41, 5.74) is 4.00. The number of rotatable bonds is 4. The van der Waals surface area contributed by atoms with Crippen LogP contribution in [0.25, 0.3) is 10.9 Å². The Balaban J connectivity index is 1.79. The van der Waals surface area contributed by atoms with Gasteiger partial charge >= 0.3 is 0 Å². The molecule has 3 aromatic rings. The number of nitroso groups, excluding NO2 is 1. The van der Waals surface area contributed by atoms with Crippen LogP contribution >= 0.6 is 0 Å². The summed E-state index contributed by atoms with van der Waals surface area (Å²) in [5.74, 6) is -0.458. The molecule has 7 heteroatoms. The molecule has 0 aliphatic carbocycles. The van der Waals surface area contributed by atoms with Crippen LogP contribution in [0.2, 0.25) is 0 Å². The molecule has 0 bridgehead atoms. The van der Waals surface area contributed by atoms with Crippen LogP contribution in [0.3, 0.4) is 0 Å². The van der Waals surface area contributed by atoms with Crippen LogP contribution in [0, 0.1) is 4.91 Å². The van der Waals surface area contributed by atoms with Crippen molar-refractivity contribution >= 4 is 28.7 Å². The molecule has 23 heavy (non-hydrogen) atoms. The largest absolute Gasteiger partial charge is 0.507 e. The van der Waals surface area contributed by atoms with Crippen LogP contribution in [0.4, 0.5) is 5.69 Å². The number of phenolic OH excluding ortho intramolecular Hbond substituents is 1. The van der Waals surface area contributed by atoms with Gasteiger partial charge in [-0.1, -0.05) is 12.1 Å². The SMILES string of the molecule is O=Nc1ccc(O)c(/C=N/NC(=O)c2cccc3cc[nH]c23)c1. The lowest BCUT2D eigenvalue weighted by atomic mass is 10.1. The Morgan fingerprint density at radius 3 is 2.91 bits per heavy atom. The van der Waals surface area contributed by atoms with Gasteiger partial charge in [0.1, 0.15) is 11.4 Å². The number of hydrogen-bond donors (Lipinski definition) is 3. The predicted molar refractivity (Wildman–Crippen MR) is 86.9 cm³/mol. The number of aromatic amines is 1. The number of aromatic hydroxyl groups is 1. The summed E-state index contributed by atoms with van der Waals surface area (Å²) in [6.45, 7) is 0. The lowest BCUT2D eigenvalue weighted by Crippen LogP contribution is -2.18. The number of nitrogens with zero attached hydrogens (tertiary/aromatic N) is 2. The van der Waals surface area contributed by atoms with E-state index in [0.717, 1.165) is 10.9 Å². The number of hydrogen-bond acceptors (Lipinski definition) is 5. The number of carbonyl (C=O) groups is 1. The van der Waals surface area contributed by atoms with Gasteiger partial charge in [-0.25, -0.2) is 5.43 Å². The first-order valence-corrected chi connectivity index (χ1v) is 6.75. The molecule has 0 spiro atoms. The quantitative estimate of drug-likeness (QED) is 0.391. The highest BCUT2D eigenvalue weighted by Gasteiger charge is 2.09. The molecule has 7 nitrogen and oxygen atoms in total. The summed E-state index contributed by atoms with van der Waals surface area (Å²) in [7, 11) is 0. The van der Waals surface area contributed by atoms with Crippen molar-refractivity contribution in [2.45, 2.75) is 0 Å². The summed E-state index contributed by atoms with van der Waals surface area (Å²) in [6.07, 6.45) is 3.00. The van der Waals surface area contributed by atoms with Crippen molar-refractivity contribution in [3.8, 4) is 5.75 Å². The molecule has 3 rings (SSSR count). The van der Waals surface area contributed by atoms with Gasteiger partial charge in [-0.05, 0) is 35.5 Å². The Hall–Kier alpha value is -3.48. The number of aromatic nitrogens is 1. The van der Waals surface area contributed by atoms with Gasteiger partial charge in [0.15, 0.2) is 0 Å². The number of benzene rings is 2. The Kier molecular flexibility index (Phi) is 3.84. The first-order chi connectivity index (χ1) is 11.2. The number of para-hydroxylation sites is 1. The molecule has 3 N–H and O–H groups in total. The zero-order valence-corrected chi connectivity index (χ0v) is 11.9. The van der Waals surface area contributed by atoms with Crippen molar-refractivity contribution in [3.63, 3.8) is 0 Å². The van der Waals surface area contributed by atoms with Gasteiger partial charge in [-0.15, -0.1) is 4.91 Å². The van der Waals surface area contributed by atoms with Gasteiger partial charge in [0.2, 0.25) is 0 Å². The highest BCUT2D eigenvalue weighted by molar-refractivity contribution is 6.05. The van der Waals surface area contributed by atoms with Crippen LogP contribution in [-0.4, -0.2) is 22.2 Å². The molecule has 0 saturated heterocycles. The summed E-state index contributed by atoms with van der Waals surface area (Å²) < 4.78 is 0. The lowest BCUT2D eigenvalue weighted by molar-refractivity contribution is 0.0956. The molecular weight excluding hydrogens is 296 g/mol. The van der Waals surface area contributed by atoms with Gasteiger partial charge in [-0.2, -0.15) is 5.10 Å². The fourth-order valence-corrected chi connectivity index (χ4v) is 2.20. The number of H-pyrrole nitrogens is 1. The maximum atomic E-state index is 12.2. The van der Waals surface area contributed by atoms with Crippen molar-refractivity contribution in [1.82, 2.24) is 10.4 Å². The molecule has 0 atom stereocenters. The van der Waals surface area contributed by atoms with Crippen molar-refractivity contribution in [2.24, 2.45) is 10.3 Å². The van der Waals surface area contributed by atoms with E-state index >= 15 is 0 Å². The molecule has 0 aliphatic heterocycles. The predicted octanol–water partition coefficient (Wildman–Crippen LogP) is 3.04. The van der Waals surface area contributed by atoms with Crippen molar-refractivity contribution < 1.29 is 9.90 Å². The van der Waals surface area contributed by atoms with E-state index in [1.807, 2.05) is 12.1 Å². The van der Waals surface area contributed by atoms with Crippen molar-refractivity contribution in [3.05, 3.63) is 64.7 Å². The minimum Gasteiger partial charge on any atom is -0.507 e. The van der Waals surface area contributed by atoms with Crippen LogP contribution in [0.1, 0.15) is 15.9 Å². The topological polar surface area (TPSA) is 107 Å². The van der Waals surface area contributed by atoms with E-state index < -0.39 is 5.91 Å². The van der Waals surface area contributed by atoms with Crippen molar-refractivity contribution in [1.29, 1.82) is 0 Å². The van der Waals surface area contributed by atoms with Gasteiger partial charge in [0.25, 0.3) is 5.91 Å². The molecule has 0 radical (unpaired) electrons. The fraction of sp³-hybridized carbons (Fsp3) is 0. The molecule has 114 valence electrons. The number of amides is 1. The number of nitrogens with one attached hydrogen (secondary N) is 2. The van der Waals surface area contributed by atoms with Gasteiger partial charge in [-0.3, -0.25) is 4.79 Å². The van der Waals surface area contributed by atoms with Crippen LogP contribution in [0.15, 0.2) is 58.9 Å². The first kappa shape index (κ1) is 14.5. The standard InChI is InChI=1S/C16H12N4O3/c21-14-5-4-12(20-23)8-11(14)9-18-19-16(22)13-3-1-2-10-6-7-17-15(10)13/h1-9,17,21H,(H,19,22)/b18-9+. The number of hydrazone groups is 1. The molecule has 1 amide bonds. The Morgan fingerprint density at radius 1 is 1.22 bits per heavy atom. The number of fused-ring (bicyclic) bond motifs is 1. The fourth-order valence-electron chi connectivity index (χ4n) is 2.20.